The van der Waals surface area contributed by atoms with Crippen LogP contribution >= 0.6 is 11.8 Å². The summed E-state index contributed by atoms with van der Waals surface area (Å²) in [5.74, 6) is 0.747. The van der Waals surface area contributed by atoms with Crippen molar-refractivity contribution < 1.29 is 5.11 Å². The van der Waals surface area contributed by atoms with Crippen LogP contribution in [0.3, 0.4) is 0 Å². The third-order valence-corrected chi connectivity index (χ3v) is 6.88. The van der Waals surface area contributed by atoms with Crippen molar-refractivity contribution in [3.05, 3.63) is 48.3 Å². The minimum atomic E-state index is -1.06. The zero-order valence-corrected chi connectivity index (χ0v) is 18.5. The van der Waals surface area contributed by atoms with E-state index < -0.39 is 5.60 Å². The topological polar surface area (TPSA) is 74.5 Å². The first-order chi connectivity index (χ1) is 13.9. The van der Waals surface area contributed by atoms with Crippen molar-refractivity contribution in [2.45, 2.75) is 54.8 Å². The average Bonchev–Trinajstić information content (AvgIpc) is 3.35. The predicted molar refractivity (Wildman–Crippen MR) is 120 cm³/mol. The SMILES string of the molecule is CCNC(=NCC(C)(O)c1cnn(C)c1)NCC1(Sc2ccccc2)CCCC1. The molecule has 0 bridgehead atoms. The molecule has 6 nitrogen and oxygen atoms in total. The second-order valence-electron chi connectivity index (χ2n) is 8.03. The van der Waals surface area contributed by atoms with Crippen LogP contribution in [-0.2, 0) is 12.6 Å². The summed E-state index contributed by atoms with van der Waals surface area (Å²) in [6.45, 7) is 5.74. The maximum absolute atomic E-state index is 10.8. The summed E-state index contributed by atoms with van der Waals surface area (Å²) in [7, 11) is 1.85. The highest BCUT2D eigenvalue weighted by Crippen LogP contribution is 2.44. The summed E-state index contributed by atoms with van der Waals surface area (Å²) in [6.07, 6.45) is 8.47. The Morgan fingerprint density at radius 1 is 1.28 bits per heavy atom. The van der Waals surface area contributed by atoms with Gasteiger partial charge >= 0.3 is 0 Å². The summed E-state index contributed by atoms with van der Waals surface area (Å²) >= 11 is 1.98. The van der Waals surface area contributed by atoms with Gasteiger partial charge in [-0.3, -0.25) is 4.68 Å². The summed E-state index contributed by atoms with van der Waals surface area (Å²) in [4.78, 5) is 5.99. The van der Waals surface area contributed by atoms with Crippen molar-refractivity contribution in [2.75, 3.05) is 19.6 Å². The number of rotatable bonds is 8. The largest absolute Gasteiger partial charge is 0.383 e. The molecule has 1 aliphatic rings. The van der Waals surface area contributed by atoms with Gasteiger partial charge in [-0.2, -0.15) is 5.10 Å². The van der Waals surface area contributed by atoms with E-state index in [4.69, 9.17) is 0 Å². The van der Waals surface area contributed by atoms with Gasteiger partial charge in [0.15, 0.2) is 5.96 Å². The molecule has 0 aliphatic heterocycles. The van der Waals surface area contributed by atoms with Crippen LogP contribution in [0.4, 0.5) is 0 Å². The van der Waals surface area contributed by atoms with Crippen molar-refractivity contribution in [1.82, 2.24) is 20.4 Å². The molecular weight excluding hydrogens is 382 g/mol. The molecule has 1 atom stereocenters. The Morgan fingerprint density at radius 2 is 2.00 bits per heavy atom. The number of hydrogen-bond donors (Lipinski definition) is 3. The molecule has 2 aromatic rings. The van der Waals surface area contributed by atoms with Crippen molar-refractivity contribution in [2.24, 2.45) is 12.0 Å². The summed E-state index contributed by atoms with van der Waals surface area (Å²) in [5, 5.41) is 21.8. The van der Waals surface area contributed by atoms with E-state index in [-0.39, 0.29) is 11.3 Å². The van der Waals surface area contributed by atoms with Crippen molar-refractivity contribution in [3.63, 3.8) is 0 Å². The Labute approximate surface area is 178 Å². The van der Waals surface area contributed by atoms with Crippen LogP contribution in [0.2, 0.25) is 0 Å². The van der Waals surface area contributed by atoms with Crippen molar-refractivity contribution in [1.29, 1.82) is 0 Å². The van der Waals surface area contributed by atoms with E-state index in [1.54, 1.807) is 17.8 Å². The maximum Gasteiger partial charge on any atom is 0.191 e. The number of aliphatic imine (C=N–C) groups is 1. The summed E-state index contributed by atoms with van der Waals surface area (Å²) < 4.78 is 1.88. The number of aliphatic hydroxyl groups is 1. The summed E-state index contributed by atoms with van der Waals surface area (Å²) in [5.41, 5.74) is -0.285. The first-order valence-corrected chi connectivity index (χ1v) is 11.2. The smallest absolute Gasteiger partial charge is 0.191 e. The standard InChI is InChI=1S/C22H33N5OS/c1-4-23-20(24-16-21(2,28)18-14-26-27(3)15-18)25-17-22(12-8-9-13-22)29-19-10-6-5-7-11-19/h5-7,10-11,14-15,28H,4,8-9,12-13,16-17H2,1-3H3,(H2,23,24,25). The molecular formula is C22H33N5OS. The van der Waals surface area contributed by atoms with Crippen LogP contribution in [0.1, 0.15) is 45.1 Å². The number of aromatic nitrogens is 2. The van der Waals surface area contributed by atoms with Gasteiger partial charge in [0, 0.05) is 41.5 Å². The summed E-state index contributed by atoms with van der Waals surface area (Å²) in [6, 6.07) is 10.6. The fourth-order valence-corrected chi connectivity index (χ4v) is 5.11. The Morgan fingerprint density at radius 3 is 2.62 bits per heavy atom. The Balaban J connectivity index is 1.66. The zero-order chi connectivity index (χ0) is 20.7. The van der Waals surface area contributed by atoms with Crippen LogP contribution in [0, 0.1) is 0 Å². The van der Waals surface area contributed by atoms with Gasteiger partial charge in [0.1, 0.15) is 5.60 Å². The minimum absolute atomic E-state index is 0.184. The molecule has 1 unspecified atom stereocenters. The molecule has 29 heavy (non-hydrogen) atoms. The lowest BCUT2D eigenvalue weighted by Crippen LogP contribution is -2.45. The molecule has 0 amide bonds. The third kappa shape index (κ3) is 6.00. The monoisotopic (exact) mass is 415 g/mol. The zero-order valence-electron chi connectivity index (χ0n) is 17.7. The van der Waals surface area contributed by atoms with E-state index in [9.17, 15) is 5.11 Å². The van der Waals surface area contributed by atoms with Gasteiger partial charge in [-0.15, -0.1) is 11.8 Å². The number of nitrogens with one attached hydrogen (secondary N) is 2. The molecule has 0 radical (unpaired) electrons. The van der Waals surface area contributed by atoms with E-state index in [1.807, 2.05) is 25.0 Å². The molecule has 158 valence electrons. The van der Waals surface area contributed by atoms with Crippen LogP contribution in [-0.4, -0.2) is 45.2 Å². The number of thioether (sulfide) groups is 1. The molecule has 1 fully saturated rings. The van der Waals surface area contributed by atoms with Crippen LogP contribution in [0.5, 0.6) is 0 Å². The fraction of sp³-hybridized carbons (Fsp3) is 0.545. The average molecular weight is 416 g/mol. The van der Waals surface area contributed by atoms with Crippen LogP contribution < -0.4 is 10.6 Å². The lowest BCUT2D eigenvalue weighted by molar-refractivity contribution is 0.0672. The highest BCUT2D eigenvalue weighted by Gasteiger charge is 2.35. The van der Waals surface area contributed by atoms with E-state index in [0.29, 0.717) is 0 Å². The van der Waals surface area contributed by atoms with Gasteiger partial charge in [0.2, 0.25) is 0 Å². The molecule has 1 aliphatic carbocycles. The molecule has 1 heterocycles. The normalized spacial score (nSPS) is 18.4. The Bertz CT molecular complexity index is 797. The highest BCUT2D eigenvalue weighted by molar-refractivity contribution is 8.00. The second-order valence-corrected chi connectivity index (χ2v) is 9.57. The van der Waals surface area contributed by atoms with Gasteiger partial charge in [-0.25, -0.2) is 4.99 Å². The molecule has 1 saturated carbocycles. The van der Waals surface area contributed by atoms with E-state index in [2.05, 4.69) is 58.0 Å². The maximum atomic E-state index is 10.8. The van der Waals surface area contributed by atoms with Crippen molar-refractivity contribution >= 4 is 17.7 Å². The molecule has 1 aromatic heterocycles. The van der Waals surface area contributed by atoms with Gasteiger partial charge in [-0.1, -0.05) is 31.0 Å². The quantitative estimate of drug-likeness (QED) is 0.456. The molecule has 0 saturated heterocycles. The number of guanidine groups is 1. The molecule has 3 rings (SSSR count). The van der Waals surface area contributed by atoms with Crippen LogP contribution in [0.15, 0.2) is 52.6 Å². The molecule has 0 spiro atoms. The Hall–Kier alpha value is -1.99. The van der Waals surface area contributed by atoms with Gasteiger partial charge in [0.05, 0.1) is 12.7 Å². The van der Waals surface area contributed by atoms with E-state index in [0.717, 1.165) is 24.6 Å². The number of nitrogens with zero attached hydrogens (tertiary/aromatic N) is 3. The number of aryl methyl sites for hydroxylation is 1. The lowest BCUT2D eigenvalue weighted by Gasteiger charge is -2.30. The van der Waals surface area contributed by atoms with E-state index in [1.165, 1.54) is 30.6 Å². The highest BCUT2D eigenvalue weighted by atomic mass is 32.2. The number of hydrogen-bond acceptors (Lipinski definition) is 4. The fourth-order valence-electron chi connectivity index (χ4n) is 3.68. The molecule has 7 heteroatoms. The lowest BCUT2D eigenvalue weighted by atomic mass is 10.0. The first kappa shape index (κ1) is 21.7. The molecule has 1 aromatic carbocycles. The second kappa shape index (κ2) is 9.67. The van der Waals surface area contributed by atoms with Gasteiger partial charge < -0.3 is 15.7 Å². The minimum Gasteiger partial charge on any atom is -0.383 e. The van der Waals surface area contributed by atoms with Gasteiger partial charge in [-0.05, 0) is 38.8 Å². The molecule has 3 N–H and O–H groups in total. The Kier molecular flexibility index (Phi) is 7.24. The predicted octanol–water partition coefficient (Wildman–Crippen LogP) is 3.29. The van der Waals surface area contributed by atoms with E-state index >= 15 is 0 Å². The number of benzene rings is 1. The van der Waals surface area contributed by atoms with Crippen molar-refractivity contribution in [3.8, 4) is 0 Å². The third-order valence-electron chi connectivity index (χ3n) is 5.39. The first-order valence-electron chi connectivity index (χ1n) is 10.4. The van der Waals surface area contributed by atoms with Gasteiger partial charge in [0.25, 0.3) is 0 Å². The van der Waals surface area contributed by atoms with Crippen LogP contribution in [0.25, 0.3) is 0 Å².